The number of piperidine rings is 1. The minimum atomic E-state index is -3.31. The maximum atomic E-state index is 13.0. The molecule has 1 aliphatic rings. The second-order valence-electron chi connectivity index (χ2n) is 10.3. The predicted molar refractivity (Wildman–Crippen MR) is 160 cm³/mol. The van der Waals surface area contributed by atoms with E-state index in [-0.39, 0.29) is 12.1 Å². The summed E-state index contributed by atoms with van der Waals surface area (Å²) in [6.07, 6.45) is 4.84. The number of urea groups is 1. The molecule has 0 unspecified atom stereocenters. The number of sulfonamides is 1. The third kappa shape index (κ3) is 9.27. The third-order valence-corrected chi connectivity index (χ3v) is 7.59. The summed E-state index contributed by atoms with van der Waals surface area (Å²) in [5, 5.41) is 3.13. The minimum absolute atomic E-state index is 0.0492. The molecule has 9 heteroatoms. The summed E-state index contributed by atoms with van der Waals surface area (Å²) in [6.45, 7) is 6.31. The van der Waals surface area contributed by atoms with Crippen LogP contribution >= 0.6 is 0 Å². The van der Waals surface area contributed by atoms with Crippen LogP contribution in [0.3, 0.4) is 0 Å². The maximum absolute atomic E-state index is 13.0. The number of hydrogen-bond donors (Lipinski definition) is 2. The van der Waals surface area contributed by atoms with Gasteiger partial charge in [-0.25, -0.2) is 13.2 Å². The fourth-order valence-corrected chi connectivity index (χ4v) is 5.57. The lowest BCUT2D eigenvalue weighted by Gasteiger charge is -2.38. The smallest absolute Gasteiger partial charge is 0.317 e. The molecule has 0 aliphatic carbocycles. The second kappa shape index (κ2) is 14.2. The Morgan fingerprint density at radius 3 is 2.15 bits per heavy atom. The Kier molecular flexibility index (Phi) is 10.4. The number of carbonyl (C=O) groups is 1. The quantitative estimate of drug-likeness (QED) is 0.304. The second-order valence-corrected chi connectivity index (χ2v) is 12.1. The van der Waals surface area contributed by atoms with Gasteiger partial charge in [-0.2, -0.15) is 0 Å². The Hall–Kier alpha value is -3.56. The van der Waals surface area contributed by atoms with Crippen molar-refractivity contribution in [1.82, 2.24) is 15.1 Å². The molecule has 0 spiro atoms. The molecular formula is C31H40N4O4S. The molecule has 1 heterocycles. The fourth-order valence-electron chi connectivity index (χ4n) is 5.00. The topological polar surface area (TPSA) is 91.0 Å². The standard InChI is InChI=1S/C31H40N4O4S/c1-3-21-35(31(36)32-20-17-25-7-5-4-6-8-25)28-18-22-34(23-19-28)24-26-9-13-29(14-10-26)39-30-15-11-27(12-16-30)33-40(2,37)38/h4-16,28,33H,3,17-24H2,1-2H3,(H,32,36). The zero-order chi connectivity index (χ0) is 28.4. The van der Waals surface area contributed by atoms with Crippen molar-refractivity contribution in [3.8, 4) is 11.5 Å². The largest absolute Gasteiger partial charge is 0.457 e. The zero-order valence-electron chi connectivity index (χ0n) is 23.4. The summed E-state index contributed by atoms with van der Waals surface area (Å²) < 4.78 is 31.1. The van der Waals surface area contributed by atoms with Gasteiger partial charge >= 0.3 is 6.03 Å². The van der Waals surface area contributed by atoms with Crippen LogP contribution in [0.15, 0.2) is 78.9 Å². The highest BCUT2D eigenvalue weighted by atomic mass is 32.2. The number of nitrogens with zero attached hydrogens (tertiary/aromatic N) is 2. The summed E-state index contributed by atoms with van der Waals surface area (Å²) >= 11 is 0. The number of carbonyl (C=O) groups excluding carboxylic acids is 1. The molecule has 1 fully saturated rings. The monoisotopic (exact) mass is 564 g/mol. The van der Waals surface area contributed by atoms with Gasteiger partial charge in [0.05, 0.1) is 6.26 Å². The van der Waals surface area contributed by atoms with Crippen molar-refractivity contribution < 1.29 is 17.9 Å². The van der Waals surface area contributed by atoms with E-state index in [1.54, 1.807) is 24.3 Å². The Morgan fingerprint density at radius 2 is 1.55 bits per heavy atom. The number of amides is 2. The van der Waals surface area contributed by atoms with Crippen molar-refractivity contribution in [3.63, 3.8) is 0 Å². The van der Waals surface area contributed by atoms with Crippen LogP contribution in [-0.4, -0.2) is 62.7 Å². The number of nitrogens with one attached hydrogen (secondary N) is 2. The molecule has 214 valence electrons. The molecule has 1 aliphatic heterocycles. The third-order valence-electron chi connectivity index (χ3n) is 6.98. The van der Waals surface area contributed by atoms with Crippen molar-refractivity contribution >= 4 is 21.7 Å². The van der Waals surface area contributed by atoms with Crippen LogP contribution in [-0.2, 0) is 23.0 Å². The molecule has 2 N–H and O–H groups in total. The van der Waals surface area contributed by atoms with E-state index in [4.69, 9.17) is 4.74 Å². The summed E-state index contributed by atoms with van der Waals surface area (Å²) in [7, 11) is -3.31. The van der Waals surface area contributed by atoms with Crippen LogP contribution in [0.1, 0.15) is 37.3 Å². The lowest BCUT2D eigenvalue weighted by atomic mass is 10.0. The van der Waals surface area contributed by atoms with Crippen LogP contribution in [0.2, 0.25) is 0 Å². The van der Waals surface area contributed by atoms with Gasteiger partial charge in [-0.1, -0.05) is 49.4 Å². The van der Waals surface area contributed by atoms with E-state index >= 15 is 0 Å². The summed E-state index contributed by atoms with van der Waals surface area (Å²) in [4.78, 5) is 17.5. The van der Waals surface area contributed by atoms with Crippen LogP contribution in [0, 0.1) is 0 Å². The van der Waals surface area contributed by atoms with Gasteiger partial charge in [0.2, 0.25) is 10.0 Å². The molecule has 1 saturated heterocycles. The number of benzene rings is 3. The Bertz CT molecular complexity index is 1310. The van der Waals surface area contributed by atoms with Gasteiger partial charge < -0.3 is 15.0 Å². The number of likely N-dealkylation sites (tertiary alicyclic amines) is 1. The zero-order valence-corrected chi connectivity index (χ0v) is 24.2. The first kappa shape index (κ1) is 29.4. The number of hydrogen-bond acceptors (Lipinski definition) is 5. The number of rotatable bonds is 12. The van der Waals surface area contributed by atoms with E-state index in [9.17, 15) is 13.2 Å². The van der Waals surface area contributed by atoms with Crippen LogP contribution < -0.4 is 14.8 Å². The Morgan fingerprint density at radius 1 is 0.925 bits per heavy atom. The highest BCUT2D eigenvalue weighted by Gasteiger charge is 2.27. The molecule has 0 radical (unpaired) electrons. The average molecular weight is 565 g/mol. The SMILES string of the molecule is CCCN(C(=O)NCCc1ccccc1)C1CCN(Cc2ccc(Oc3ccc(NS(C)(=O)=O)cc3)cc2)CC1. The first-order chi connectivity index (χ1) is 19.3. The van der Waals surface area contributed by atoms with Crippen LogP contribution in [0.25, 0.3) is 0 Å². The van der Waals surface area contributed by atoms with Crippen LogP contribution in [0.4, 0.5) is 10.5 Å². The molecular weight excluding hydrogens is 524 g/mol. The molecule has 0 atom stereocenters. The van der Waals surface area contributed by atoms with E-state index in [0.717, 1.165) is 63.9 Å². The lowest BCUT2D eigenvalue weighted by Crippen LogP contribution is -2.51. The molecule has 3 aromatic carbocycles. The molecule has 40 heavy (non-hydrogen) atoms. The Labute approximate surface area is 238 Å². The highest BCUT2D eigenvalue weighted by molar-refractivity contribution is 7.92. The molecule has 0 saturated carbocycles. The molecule has 2 amide bonds. The van der Waals surface area contributed by atoms with Gasteiger partial charge in [0.15, 0.2) is 0 Å². The first-order valence-electron chi connectivity index (χ1n) is 13.9. The van der Waals surface area contributed by atoms with Gasteiger partial charge in [0.25, 0.3) is 0 Å². The van der Waals surface area contributed by atoms with Crippen molar-refractivity contribution in [2.45, 2.75) is 45.2 Å². The molecule has 4 rings (SSSR count). The van der Waals surface area contributed by atoms with Crippen molar-refractivity contribution in [1.29, 1.82) is 0 Å². The lowest BCUT2D eigenvalue weighted by molar-refractivity contribution is 0.117. The first-order valence-corrected chi connectivity index (χ1v) is 15.8. The van der Waals surface area contributed by atoms with E-state index < -0.39 is 10.0 Å². The Balaban J connectivity index is 1.22. The van der Waals surface area contributed by atoms with Gasteiger partial charge in [-0.15, -0.1) is 0 Å². The molecule has 0 bridgehead atoms. The summed E-state index contributed by atoms with van der Waals surface area (Å²) in [5.41, 5.74) is 2.94. The van der Waals surface area contributed by atoms with E-state index in [0.29, 0.717) is 18.0 Å². The minimum Gasteiger partial charge on any atom is -0.457 e. The molecule has 8 nitrogen and oxygen atoms in total. The summed E-state index contributed by atoms with van der Waals surface area (Å²) in [6, 6.07) is 25.4. The maximum Gasteiger partial charge on any atom is 0.317 e. The average Bonchev–Trinajstić information content (AvgIpc) is 2.94. The van der Waals surface area contributed by atoms with E-state index in [1.807, 2.05) is 35.2 Å². The van der Waals surface area contributed by atoms with Crippen molar-refractivity contribution in [2.24, 2.45) is 0 Å². The van der Waals surface area contributed by atoms with Crippen molar-refractivity contribution in [3.05, 3.63) is 90.0 Å². The van der Waals surface area contributed by atoms with Gasteiger partial charge in [-0.3, -0.25) is 9.62 Å². The van der Waals surface area contributed by atoms with E-state index in [2.05, 4.69) is 46.1 Å². The van der Waals surface area contributed by atoms with Gasteiger partial charge in [0.1, 0.15) is 11.5 Å². The van der Waals surface area contributed by atoms with Crippen LogP contribution in [0.5, 0.6) is 11.5 Å². The number of ether oxygens (including phenoxy) is 1. The normalized spacial score (nSPS) is 14.4. The van der Waals surface area contributed by atoms with Gasteiger partial charge in [-0.05, 0) is 73.2 Å². The van der Waals surface area contributed by atoms with Gasteiger partial charge in [0, 0.05) is 44.5 Å². The number of anilines is 1. The predicted octanol–water partition coefficient (Wildman–Crippen LogP) is 5.48. The van der Waals surface area contributed by atoms with Crippen molar-refractivity contribution in [2.75, 3.05) is 37.2 Å². The fraction of sp³-hybridized carbons (Fsp3) is 0.387. The highest BCUT2D eigenvalue weighted by Crippen LogP contribution is 2.25. The molecule has 0 aromatic heterocycles. The summed E-state index contributed by atoms with van der Waals surface area (Å²) in [5.74, 6) is 1.36. The molecule has 3 aromatic rings. The van der Waals surface area contributed by atoms with E-state index in [1.165, 1.54) is 11.1 Å².